The van der Waals surface area contributed by atoms with Gasteiger partial charge in [-0.15, -0.1) is 12.6 Å². The van der Waals surface area contributed by atoms with Gasteiger partial charge in [-0.3, -0.25) is 0 Å². The number of rotatable bonds is 5. The van der Waals surface area contributed by atoms with Gasteiger partial charge in [0.1, 0.15) is 4.87 Å². The van der Waals surface area contributed by atoms with Crippen LogP contribution in [0.25, 0.3) is 10.8 Å². The fraction of sp³-hybridized carbons (Fsp3) is 0.412. The zero-order valence-electron chi connectivity index (χ0n) is 12.1. The molecule has 0 heterocycles. The van der Waals surface area contributed by atoms with E-state index in [0.717, 1.165) is 22.8 Å². The molecule has 2 rings (SSSR count). The van der Waals surface area contributed by atoms with Crippen molar-refractivity contribution in [2.24, 2.45) is 11.7 Å². The molecule has 0 fully saturated rings. The highest BCUT2D eigenvalue weighted by molar-refractivity contribution is 7.81. The van der Waals surface area contributed by atoms with Gasteiger partial charge in [-0.2, -0.15) is 0 Å². The van der Waals surface area contributed by atoms with Crippen LogP contribution in [-0.4, -0.2) is 11.2 Å². The average Bonchev–Trinajstić information content (AvgIpc) is 2.43. The van der Waals surface area contributed by atoms with Crippen LogP contribution in [-0.2, 0) is 4.87 Å². The summed E-state index contributed by atoms with van der Waals surface area (Å²) in [5.41, 5.74) is 7.23. The van der Waals surface area contributed by atoms with Gasteiger partial charge < -0.3 is 10.8 Å². The molecular formula is C17H23NOS. The molecule has 20 heavy (non-hydrogen) atoms. The Kier molecular flexibility index (Phi) is 4.74. The molecule has 0 spiro atoms. The summed E-state index contributed by atoms with van der Waals surface area (Å²) >= 11 is 4.58. The molecule has 108 valence electrons. The van der Waals surface area contributed by atoms with Gasteiger partial charge in [-0.1, -0.05) is 56.3 Å². The average molecular weight is 289 g/mol. The first-order valence-electron chi connectivity index (χ1n) is 7.10. The van der Waals surface area contributed by atoms with Crippen LogP contribution in [0.3, 0.4) is 0 Å². The third-order valence-electron chi connectivity index (χ3n) is 3.75. The van der Waals surface area contributed by atoms with E-state index in [4.69, 9.17) is 5.73 Å². The number of hydrogen-bond acceptors (Lipinski definition) is 3. The number of benzene rings is 2. The first-order valence-corrected chi connectivity index (χ1v) is 7.55. The van der Waals surface area contributed by atoms with E-state index in [0.29, 0.717) is 12.3 Å². The van der Waals surface area contributed by atoms with Gasteiger partial charge in [-0.05, 0) is 35.1 Å². The van der Waals surface area contributed by atoms with E-state index < -0.39 is 11.0 Å². The second kappa shape index (κ2) is 6.17. The molecule has 0 bridgehead atoms. The molecule has 0 aliphatic rings. The highest BCUT2D eigenvalue weighted by Gasteiger charge is 2.32. The summed E-state index contributed by atoms with van der Waals surface area (Å²) in [6.07, 6.45) is 0.922. The van der Waals surface area contributed by atoms with E-state index >= 15 is 0 Å². The lowest BCUT2D eigenvalue weighted by Crippen LogP contribution is -2.43. The van der Waals surface area contributed by atoms with Gasteiger partial charge in [0.15, 0.2) is 0 Å². The fourth-order valence-corrected chi connectivity index (χ4v) is 2.79. The van der Waals surface area contributed by atoms with Crippen LogP contribution in [0.1, 0.15) is 32.3 Å². The molecule has 3 N–H and O–H groups in total. The van der Waals surface area contributed by atoms with E-state index in [1.165, 1.54) is 0 Å². The third-order valence-corrected chi connectivity index (χ3v) is 4.29. The summed E-state index contributed by atoms with van der Waals surface area (Å²) in [5.74, 6) is 0.543. The minimum atomic E-state index is -1.03. The van der Waals surface area contributed by atoms with Crippen LogP contribution >= 0.6 is 12.6 Å². The molecule has 2 aromatic rings. The zero-order chi connectivity index (χ0) is 14.8. The number of fused-ring (bicyclic) bond motifs is 1. The number of thiol groups is 1. The SMILES string of the molecule is CC(C)CCC(O)C(N)(S)c1cccc2ccccc12. The van der Waals surface area contributed by atoms with E-state index in [1.807, 2.05) is 42.5 Å². The Morgan fingerprint density at radius 1 is 1.10 bits per heavy atom. The molecular weight excluding hydrogens is 266 g/mol. The van der Waals surface area contributed by atoms with Gasteiger partial charge in [0.05, 0.1) is 6.10 Å². The predicted octanol–water partition coefficient (Wildman–Crippen LogP) is 3.68. The van der Waals surface area contributed by atoms with Gasteiger partial charge in [0, 0.05) is 0 Å². The predicted molar refractivity (Wildman–Crippen MR) is 88.9 cm³/mol. The van der Waals surface area contributed by atoms with Crippen molar-refractivity contribution in [1.82, 2.24) is 0 Å². The highest BCUT2D eigenvalue weighted by Crippen LogP contribution is 2.34. The Hall–Kier alpha value is -1.03. The molecule has 0 aromatic heterocycles. The second-order valence-corrected chi connectivity index (χ2v) is 6.58. The molecule has 3 heteroatoms. The van der Waals surface area contributed by atoms with Gasteiger partial charge in [0.2, 0.25) is 0 Å². The lowest BCUT2D eigenvalue weighted by atomic mass is 9.92. The molecule has 0 saturated heterocycles. The van der Waals surface area contributed by atoms with Crippen LogP contribution in [0.4, 0.5) is 0 Å². The maximum absolute atomic E-state index is 10.4. The van der Waals surface area contributed by atoms with E-state index in [2.05, 4.69) is 26.5 Å². The van der Waals surface area contributed by atoms with Crippen LogP contribution in [0, 0.1) is 5.92 Å². The monoisotopic (exact) mass is 289 g/mol. The molecule has 0 aliphatic heterocycles. The molecule has 2 unspecified atom stereocenters. The summed E-state index contributed by atoms with van der Waals surface area (Å²) in [5, 5.41) is 12.6. The van der Waals surface area contributed by atoms with Gasteiger partial charge >= 0.3 is 0 Å². The Morgan fingerprint density at radius 3 is 2.45 bits per heavy atom. The van der Waals surface area contributed by atoms with Crippen LogP contribution in [0.5, 0.6) is 0 Å². The van der Waals surface area contributed by atoms with Crippen molar-refractivity contribution >= 4 is 23.4 Å². The second-order valence-electron chi connectivity index (χ2n) is 5.84. The topological polar surface area (TPSA) is 46.2 Å². The Morgan fingerprint density at radius 2 is 1.75 bits per heavy atom. The maximum atomic E-state index is 10.4. The summed E-state index contributed by atoms with van der Waals surface area (Å²) in [6, 6.07) is 14.0. The minimum Gasteiger partial charge on any atom is -0.390 e. The number of nitrogens with two attached hydrogens (primary N) is 1. The number of aliphatic hydroxyl groups excluding tert-OH is 1. The molecule has 0 amide bonds. The summed E-state index contributed by atoms with van der Waals surface area (Å²) in [7, 11) is 0. The third kappa shape index (κ3) is 3.17. The van der Waals surface area contributed by atoms with Crippen molar-refractivity contribution in [3.8, 4) is 0 Å². The van der Waals surface area contributed by atoms with Crippen molar-refractivity contribution in [2.45, 2.75) is 37.7 Å². The summed E-state index contributed by atoms with van der Waals surface area (Å²) in [6.45, 7) is 4.28. The first-order chi connectivity index (χ1) is 9.43. The Bertz CT molecular complexity index is 575. The molecule has 0 aliphatic carbocycles. The van der Waals surface area contributed by atoms with Crippen LogP contribution < -0.4 is 5.73 Å². The number of aliphatic hydroxyl groups is 1. The Balaban J connectivity index is 2.36. The van der Waals surface area contributed by atoms with E-state index in [1.54, 1.807) is 0 Å². The molecule has 0 saturated carbocycles. The summed E-state index contributed by atoms with van der Waals surface area (Å²) < 4.78 is 0. The lowest BCUT2D eigenvalue weighted by Gasteiger charge is -2.31. The van der Waals surface area contributed by atoms with E-state index in [-0.39, 0.29) is 0 Å². The first kappa shape index (κ1) is 15.4. The molecule has 2 nitrogen and oxygen atoms in total. The smallest absolute Gasteiger partial charge is 0.112 e. The van der Waals surface area contributed by atoms with Crippen LogP contribution in [0.2, 0.25) is 0 Å². The lowest BCUT2D eigenvalue weighted by molar-refractivity contribution is 0.115. The van der Waals surface area contributed by atoms with Crippen molar-refractivity contribution in [3.05, 3.63) is 48.0 Å². The fourth-order valence-electron chi connectivity index (χ4n) is 2.47. The standard InChI is InChI=1S/C17H23NOS/c1-12(2)10-11-16(19)17(18,20)15-9-5-7-13-6-3-4-8-14(13)15/h3-9,12,16,19-20H,10-11,18H2,1-2H3. The van der Waals surface area contributed by atoms with Gasteiger partial charge in [0.25, 0.3) is 0 Å². The van der Waals surface area contributed by atoms with Gasteiger partial charge in [-0.25, -0.2) is 0 Å². The highest BCUT2D eigenvalue weighted by atomic mass is 32.1. The van der Waals surface area contributed by atoms with Crippen molar-refractivity contribution in [2.75, 3.05) is 0 Å². The maximum Gasteiger partial charge on any atom is 0.112 e. The molecule has 2 aromatic carbocycles. The number of hydrogen-bond donors (Lipinski definition) is 3. The molecule has 2 atom stereocenters. The van der Waals surface area contributed by atoms with Crippen molar-refractivity contribution < 1.29 is 5.11 Å². The van der Waals surface area contributed by atoms with Crippen molar-refractivity contribution in [3.63, 3.8) is 0 Å². The summed E-state index contributed by atoms with van der Waals surface area (Å²) in [4.78, 5) is -1.03. The quantitative estimate of drug-likeness (QED) is 0.581. The van der Waals surface area contributed by atoms with Crippen molar-refractivity contribution in [1.29, 1.82) is 0 Å². The Labute approximate surface area is 126 Å². The van der Waals surface area contributed by atoms with Crippen LogP contribution in [0.15, 0.2) is 42.5 Å². The zero-order valence-corrected chi connectivity index (χ0v) is 13.0. The molecule has 0 radical (unpaired) electrons. The largest absolute Gasteiger partial charge is 0.390 e. The van der Waals surface area contributed by atoms with E-state index in [9.17, 15) is 5.11 Å². The normalized spacial score (nSPS) is 16.3. The minimum absolute atomic E-state index is 0.543.